The van der Waals surface area contributed by atoms with E-state index in [2.05, 4.69) is 10.2 Å². The molecule has 0 spiro atoms. The third-order valence-corrected chi connectivity index (χ3v) is 3.40. The van der Waals surface area contributed by atoms with Crippen LogP contribution in [0.5, 0.6) is 0 Å². The molecule has 88 valence electrons. The van der Waals surface area contributed by atoms with E-state index < -0.39 is 0 Å². The summed E-state index contributed by atoms with van der Waals surface area (Å²) < 4.78 is 0. The van der Waals surface area contributed by atoms with Crippen molar-refractivity contribution in [1.82, 2.24) is 10.2 Å². The summed E-state index contributed by atoms with van der Waals surface area (Å²) in [6, 6.07) is 7.50. The van der Waals surface area contributed by atoms with E-state index in [9.17, 15) is 4.79 Å². The molecule has 0 radical (unpaired) electrons. The lowest BCUT2D eigenvalue weighted by Gasteiger charge is -1.95. The molecule has 3 nitrogen and oxygen atoms in total. The lowest BCUT2D eigenvalue weighted by Crippen LogP contribution is -1.93. The van der Waals surface area contributed by atoms with Crippen LogP contribution < -0.4 is 0 Å². The van der Waals surface area contributed by atoms with Crippen LogP contribution in [-0.4, -0.2) is 16.0 Å². The molecule has 1 aromatic carbocycles. The predicted molar refractivity (Wildman–Crippen MR) is 73.8 cm³/mol. The van der Waals surface area contributed by atoms with Crippen LogP contribution >= 0.6 is 11.3 Å². The molecule has 18 heavy (non-hydrogen) atoms. The Morgan fingerprint density at radius 1 is 1.33 bits per heavy atom. The number of thiophene rings is 1. The van der Waals surface area contributed by atoms with Gasteiger partial charge in [0.15, 0.2) is 5.78 Å². The minimum absolute atomic E-state index is 0.00398. The number of aromatic amines is 1. The fraction of sp³-hybridized carbons (Fsp3) is 0. The maximum Gasteiger partial charge on any atom is 0.185 e. The Kier molecular flexibility index (Phi) is 2.78. The highest BCUT2D eigenvalue weighted by Gasteiger charge is 2.03. The third-order valence-electron chi connectivity index (χ3n) is 2.70. The fourth-order valence-electron chi connectivity index (χ4n) is 1.73. The van der Waals surface area contributed by atoms with Gasteiger partial charge in [0, 0.05) is 10.9 Å². The topological polar surface area (TPSA) is 45.8 Å². The monoisotopic (exact) mass is 254 g/mol. The first-order valence-corrected chi connectivity index (χ1v) is 6.45. The Bertz CT molecular complexity index is 710. The van der Waals surface area contributed by atoms with Gasteiger partial charge in [-0.1, -0.05) is 6.08 Å². The minimum Gasteiger partial charge on any atom is -0.289 e. The molecule has 0 aliphatic carbocycles. The quantitative estimate of drug-likeness (QED) is 0.574. The molecule has 0 aliphatic rings. The van der Waals surface area contributed by atoms with Gasteiger partial charge in [0.2, 0.25) is 0 Å². The molecule has 0 saturated carbocycles. The zero-order valence-corrected chi connectivity index (χ0v) is 10.3. The van der Waals surface area contributed by atoms with Crippen LogP contribution in [0, 0.1) is 0 Å². The number of hydrogen-bond acceptors (Lipinski definition) is 3. The van der Waals surface area contributed by atoms with Gasteiger partial charge in [-0.15, -0.1) is 0 Å². The largest absolute Gasteiger partial charge is 0.289 e. The molecule has 0 aliphatic heterocycles. The average Bonchev–Trinajstić information content (AvgIpc) is 3.05. The SMILES string of the molecule is O=C(C=Cc1ccsc1)c1ccc2[nH]ncc2c1. The van der Waals surface area contributed by atoms with Crippen molar-refractivity contribution in [2.24, 2.45) is 0 Å². The number of ketones is 1. The van der Waals surface area contributed by atoms with E-state index >= 15 is 0 Å². The molecular formula is C14H10N2OS. The maximum atomic E-state index is 12.0. The Labute approximate surface area is 108 Å². The number of H-pyrrole nitrogens is 1. The van der Waals surface area contributed by atoms with Crippen molar-refractivity contribution < 1.29 is 4.79 Å². The van der Waals surface area contributed by atoms with Crippen molar-refractivity contribution in [3.63, 3.8) is 0 Å². The highest BCUT2D eigenvalue weighted by molar-refractivity contribution is 7.08. The molecule has 3 rings (SSSR count). The zero-order chi connectivity index (χ0) is 12.4. The van der Waals surface area contributed by atoms with E-state index in [1.165, 1.54) is 0 Å². The molecule has 0 unspecified atom stereocenters. The summed E-state index contributed by atoms with van der Waals surface area (Å²) in [5.74, 6) is 0.00398. The number of nitrogens with zero attached hydrogens (tertiary/aromatic N) is 1. The van der Waals surface area contributed by atoms with Crippen molar-refractivity contribution >= 4 is 34.1 Å². The van der Waals surface area contributed by atoms with Crippen LogP contribution in [0.2, 0.25) is 0 Å². The third kappa shape index (κ3) is 2.10. The Hall–Kier alpha value is -2.20. The standard InChI is InChI=1S/C14H10N2OS/c17-14(4-1-10-5-6-18-9-10)11-2-3-13-12(7-11)8-15-16-13/h1-9H,(H,15,16). The van der Waals surface area contributed by atoms with Gasteiger partial charge in [-0.2, -0.15) is 16.4 Å². The smallest absolute Gasteiger partial charge is 0.185 e. The minimum atomic E-state index is 0.00398. The van der Waals surface area contributed by atoms with E-state index in [-0.39, 0.29) is 5.78 Å². The summed E-state index contributed by atoms with van der Waals surface area (Å²) in [4.78, 5) is 12.0. The number of aromatic nitrogens is 2. The number of carbonyl (C=O) groups is 1. The highest BCUT2D eigenvalue weighted by atomic mass is 32.1. The second kappa shape index (κ2) is 4.58. The van der Waals surface area contributed by atoms with Gasteiger partial charge >= 0.3 is 0 Å². The molecule has 1 N–H and O–H groups in total. The number of fused-ring (bicyclic) bond motifs is 1. The van der Waals surface area contributed by atoms with Gasteiger partial charge in [-0.05, 0) is 46.7 Å². The van der Waals surface area contributed by atoms with Crippen LogP contribution in [-0.2, 0) is 0 Å². The van der Waals surface area contributed by atoms with E-state index in [4.69, 9.17) is 0 Å². The Balaban J connectivity index is 1.87. The molecule has 0 amide bonds. The van der Waals surface area contributed by atoms with E-state index in [0.717, 1.165) is 16.5 Å². The molecule has 2 heterocycles. The van der Waals surface area contributed by atoms with Crippen molar-refractivity contribution in [3.8, 4) is 0 Å². The van der Waals surface area contributed by atoms with Crippen molar-refractivity contribution in [3.05, 3.63) is 58.4 Å². The molecule has 4 heteroatoms. The summed E-state index contributed by atoms with van der Waals surface area (Å²) >= 11 is 1.62. The molecule has 0 bridgehead atoms. The first kappa shape index (κ1) is 10.9. The number of allylic oxidation sites excluding steroid dienone is 1. The Morgan fingerprint density at radius 2 is 2.28 bits per heavy atom. The van der Waals surface area contributed by atoms with Crippen LogP contribution in [0.1, 0.15) is 15.9 Å². The summed E-state index contributed by atoms with van der Waals surface area (Å²) in [7, 11) is 0. The first-order valence-electron chi connectivity index (χ1n) is 5.51. The lowest BCUT2D eigenvalue weighted by atomic mass is 10.1. The van der Waals surface area contributed by atoms with Crippen molar-refractivity contribution in [1.29, 1.82) is 0 Å². The second-order valence-electron chi connectivity index (χ2n) is 3.93. The van der Waals surface area contributed by atoms with Gasteiger partial charge in [-0.3, -0.25) is 9.89 Å². The van der Waals surface area contributed by atoms with Crippen molar-refractivity contribution in [2.45, 2.75) is 0 Å². The highest BCUT2D eigenvalue weighted by Crippen LogP contribution is 2.14. The van der Waals surface area contributed by atoms with Crippen LogP contribution in [0.25, 0.3) is 17.0 Å². The Morgan fingerprint density at radius 3 is 3.11 bits per heavy atom. The number of hydrogen-bond donors (Lipinski definition) is 1. The van der Waals surface area contributed by atoms with Crippen LogP contribution in [0.4, 0.5) is 0 Å². The van der Waals surface area contributed by atoms with E-state index in [1.54, 1.807) is 29.7 Å². The van der Waals surface area contributed by atoms with E-state index in [0.29, 0.717) is 5.56 Å². The summed E-state index contributed by atoms with van der Waals surface area (Å²) in [5.41, 5.74) is 2.67. The molecule has 0 atom stereocenters. The van der Waals surface area contributed by atoms with E-state index in [1.807, 2.05) is 35.0 Å². The molecule has 2 aromatic heterocycles. The summed E-state index contributed by atoms with van der Waals surface area (Å²) in [6.07, 6.45) is 5.15. The molecular weight excluding hydrogens is 244 g/mol. The number of benzene rings is 1. The molecule has 0 saturated heterocycles. The zero-order valence-electron chi connectivity index (χ0n) is 9.46. The lowest BCUT2D eigenvalue weighted by molar-refractivity contribution is 0.104. The second-order valence-corrected chi connectivity index (χ2v) is 4.71. The average molecular weight is 254 g/mol. The maximum absolute atomic E-state index is 12.0. The molecule has 3 aromatic rings. The summed E-state index contributed by atoms with van der Waals surface area (Å²) in [6.45, 7) is 0. The number of carbonyl (C=O) groups excluding carboxylic acids is 1. The van der Waals surface area contributed by atoms with Crippen molar-refractivity contribution in [2.75, 3.05) is 0 Å². The van der Waals surface area contributed by atoms with Gasteiger partial charge in [0.1, 0.15) is 0 Å². The normalized spacial score (nSPS) is 11.3. The van der Waals surface area contributed by atoms with Crippen LogP contribution in [0.3, 0.4) is 0 Å². The number of nitrogens with one attached hydrogen (secondary N) is 1. The van der Waals surface area contributed by atoms with Gasteiger partial charge < -0.3 is 0 Å². The van der Waals surface area contributed by atoms with Gasteiger partial charge in [0.25, 0.3) is 0 Å². The van der Waals surface area contributed by atoms with Gasteiger partial charge in [0.05, 0.1) is 11.7 Å². The molecule has 0 fully saturated rings. The number of rotatable bonds is 3. The fourth-order valence-corrected chi connectivity index (χ4v) is 2.36. The predicted octanol–water partition coefficient (Wildman–Crippen LogP) is 3.52. The summed E-state index contributed by atoms with van der Waals surface area (Å²) in [5, 5.41) is 11.7. The van der Waals surface area contributed by atoms with Crippen LogP contribution in [0.15, 0.2) is 47.3 Å². The van der Waals surface area contributed by atoms with Gasteiger partial charge in [-0.25, -0.2) is 0 Å². The first-order chi connectivity index (χ1) is 8.83.